The van der Waals surface area contributed by atoms with Crippen molar-refractivity contribution >= 4 is 63.3 Å². The van der Waals surface area contributed by atoms with Crippen molar-refractivity contribution in [2.75, 3.05) is 10.7 Å². The zero-order valence-corrected chi connectivity index (χ0v) is 36.5. The van der Waals surface area contributed by atoms with Crippen LogP contribution in [0.15, 0.2) is 187 Å². The van der Waals surface area contributed by atoms with Crippen molar-refractivity contribution in [2.24, 2.45) is 5.92 Å². The third kappa shape index (κ3) is 6.09. The summed E-state index contributed by atoms with van der Waals surface area (Å²) >= 11 is 7.20. The molecule has 1 heterocycles. The highest BCUT2D eigenvalue weighted by atomic mass is 32.2. The van der Waals surface area contributed by atoms with E-state index in [4.69, 9.17) is 12.6 Å². The van der Waals surface area contributed by atoms with Crippen LogP contribution < -0.4 is 4.90 Å². The number of rotatable bonds is 11. The van der Waals surface area contributed by atoms with E-state index in [0.29, 0.717) is 0 Å². The molecule has 0 bridgehead atoms. The maximum Gasteiger partial charge on any atom is 0.0541 e. The van der Waals surface area contributed by atoms with Crippen molar-refractivity contribution in [3.63, 3.8) is 0 Å². The number of para-hydroxylation sites is 3. The summed E-state index contributed by atoms with van der Waals surface area (Å²) in [5.41, 5.74) is 16.4. The first-order valence-corrected chi connectivity index (χ1v) is 23.6. The van der Waals surface area contributed by atoms with Crippen molar-refractivity contribution < 1.29 is 0 Å². The van der Waals surface area contributed by atoms with Crippen LogP contribution in [0.25, 0.3) is 38.6 Å². The first kappa shape index (κ1) is 38.3. The van der Waals surface area contributed by atoms with Gasteiger partial charge in [-0.05, 0) is 130 Å². The minimum atomic E-state index is -0.359. The van der Waals surface area contributed by atoms with Crippen molar-refractivity contribution in [3.8, 4) is 16.8 Å². The monoisotopic (exact) mass is 826 g/mol. The third-order valence-electron chi connectivity index (χ3n) is 13.6. The Kier molecular flexibility index (Phi) is 9.82. The molecule has 0 aliphatic heterocycles. The van der Waals surface area contributed by atoms with Gasteiger partial charge >= 0.3 is 0 Å². The number of hydrogen-bond donors (Lipinski definition) is 1. The van der Waals surface area contributed by atoms with Crippen LogP contribution in [-0.4, -0.2) is 10.3 Å². The minimum absolute atomic E-state index is 0.195. The van der Waals surface area contributed by atoms with Crippen LogP contribution in [-0.2, 0) is 5.41 Å². The predicted octanol–water partition coefficient (Wildman–Crippen LogP) is 16.1. The molecule has 3 aliphatic carbocycles. The Balaban J connectivity index is 1.11. The molecule has 2 nitrogen and oxygen atoms in total. The quantitative estimate of drug-likeness (QED) is 0.0789. The summed E-state index contributed by atoms with van der Waals surface area (Å²) in [6.07, 6.45) is 14.1. The number of allylic oxidation sites excluding steroid dienone is 4. The molecule has 4 heteroatoms. The number of thioether (sulfide) groups is 1. The maximum atomic E-state index is 5.19. The first-order valence-electron chi connectivity index (χ1n) is 22.1. The van der Waals surface area contributed by atoms with Gasteiger partial charge in [0.05, 0.1) is 16.4 Å². The minimum Gasteiger partial charge on any atom is -0.310 e. The Morgan fingerprint density at radius 2 is 1.28 bits per heavy atom. The van der Waals surface area contributed by atoms with Crippen LogP contribution in [0.3, 0.4) is 0 Å². The summed E-state index contributed by atoms with van der Waals surface area (Å²) in [4.78, 5) is 3.82. The normalized spacial score (nSPS) is 18.7. The van der Waals surface area contributed by atoms with Crippen molar-refractivity contribution in [2.45, 2.75) is 61.0 Å². The Bertz CT molecular complexity index is 2940. The molecule has 11 rings (SSSR count). The standard InChI is InChI=1S/C57H50N2S2/c1-3-5-34-61-43-30-33-47-45-31-24-38(56(60)15-4-2)35-51(45)57(53(47)37-43)50-21-12-9-18-44(50)46-32-29-42(36-52(46)57)58(39-16-7-6-8-17-39)40-25-27-41(28-26-40)59-54-22-13-10-19-48(54)49-20-11-14-23-55(49)59/h6-14,16-33,35-37,44,50,56,60H,3-5,15,34H2,1-2H3. The number of aromatic nitrogens is 1. The van der Waals surface area contributed by atoms with E-state index in [-0.39, 0.29) is 22.5 Å². The van der Waals surface area contributed by atoms with Crippen LogP contribution in [0, 0.1) is 5.92 Å². The second kappa shape index (κ2) is 15.7. The van der Waals surface area contributed by atoms with Gasteiger partial charge in [-0.3, -0.25) is 0 Å². The van der Waals surface area contributed by atoms with Gasteiger partial charge in [-0.1, -0.05) is 136 Å². The summed E-state index contributed by atoms with van der Waals surface area (Å²) in [5.74, 6) is 1.65. The van der Waals surface area contributed by atoms with Crippen LogP contribution >= 0.6 is 24.4 Å². The van der Waals surface area contributed by atoms with Crippen molar-refractivity contribution in [1.29, 1.82) is 0 Å². The fourth-order valence-electron chi connectivity index (χ4n) is 10.9. The van der Waals surface area contributed by atoms with Gasteiger partial charge < -0.3 is 9.47 Å². The van der Waals surface area contributed by atoms with Gasteiger partial charge in [0.1, 0.15) is 0 Å². The highest BCUT2D eigenvalue weighted by Crippen LogP contribution is 2.66. The average Bonchev–Trinajstić information content (AvgIpc) is 3.91. The van der Waals surface area contributed by atoms with E-state index in [0.717, 1.165) is 35.7 Å². The summed E-state index contributed by atoms with van der Waals surface area (Å²) in [6, 6.07) is 59.6. The molecule has 0 radical (unpaired) electrons. The van der Waals surface area contributed by atoms with Gasteiger partial charge in [0, 0.05) is 55.5 Å². The fourth-order valence-corrected chi connectivity index (χ4v) is 12.3. The van der Waals surface area contributed by atoms with Gasteiger partial charge in [0.25, 0.3) is 0 Å². The van der Waals surface area contributed by atoms with E-state index in [1.807, 2.05) is 11.8 Å². The lowest BCUT2D eigenvalue weighted by Crippen LogP contribution is -2.33. The largest absolute Gasteiger partial charge is 0.310 e. The SMILES string of the molecule is CCCCSc1ccc2c(c1)C1(c3cc(C(S)CCC)ccc3-2)c2cc(N(c3ccccc3)c3ccc(-n4c5ccccc5c5ccccc54)cc3)ccc2C2C=CC=CC21. The highest BCUT2D eigenvalue weighted by Gasteiger charge is 2.57. The van der Waals surface area contributed by atoms with Crippen molar-refractivity contribution in [1.82, 2.24) is 4.57 Å². The number of fused-ring (bicyclic) bond motifs is 13. The van der Waals surface area contributed by atoms with Crippen LogP contribution in [0.2, 0.25) is 0 Å². The topological polar surface area (TPSA) is 8.17 Å². The van der Waals surface area contributed by atoms with Gasteiger partial charge in [-0.15, -0.1) is 11.8 Å². The van der Waals surface area contributed by atoms with E-state index in [2.05, 4.69) is 205 Å². The van der Waals surface area contributed by atoms with Gasteiger partial charge in [0.2, 0.25) is 0 Å². The van der Waals surface area contributed by atoms with Gasteiger partial charge in [-0.2, -0.15) is 12.6 Å². The zero-order chi connectivity index (χ0) is 41.1. The highest BCUT2D eigenvalue weighted by molar-refractivity contribution is 7.99. The Morgan fingerprint density at radius 1 is 0.623 bits per heavy atom. The van der Waals surface area contributed by atoms with Crippen LogP contribution in [0.1, 0.15) is 78.5 Å². The second-order valence-electron chi connectivity index (χ2n) is 17.0. The Labute approximate surface area is 370 Å². The molecule has 7 aromatic carbocycles. The summed E-state index contributed by atoms with van der Waals surface area (Å²) in [6.45, 7) is 4.55. The lowest BCUT2D eigenvalue weighted by atomic mass is 9.65. The van der Waals surface area contributed by atoms with E-state index in [9.17, 15) is 0 Å². The molecule has 0 N–H and O–H groups in total. The molecule has 4 unspecified atom stereocenters. The smallest absolute Gasteiger partial charge is 0.0541 e. The zero-order valence-electron chi connectivity index (χ0n) is 34.8. The number of nitrogens with zero attached hydrogens (tertiary/aromatic N) is 2. The number of thiol groups is 1. The van der Waals surface area contributed by atoms with E-state index < -0.39 is 0 Å². The molecule has 300 valence electrons. The molecule has 0 fully saturated rings. The lowest BCUT2D eigenvalue weighted by molar-refractivity contribution is 0.464. The molecule has 61 heavy (non-hydrogen) atoms. The molecule has 8 aromatic rings. The van der Waals surface area contributed by atoms with Crippen LogP contribution in [0.5, 0.6) is 0 Å². The summed E-state index contributed by atoms with van der Waals surface area (Å²) in [5, 5.41) is 2.74. The molecule has 0 saturated heterocycles. The summed E-state index contributed by atoms with van der Waals surface area (Å²) in [7, 11) is 0. The summed E-state index contributed by atoms with van der Waals surface area (Å²) < 4.78 is 2.40. The second-order valence-corrected chi connectivity index (χ2v) is 18.8. The van der Waals surface area contributed by atoms with Crippen molar-refractivity contribution in [3.05, 3.63) is 210 Å². The molecule has 0 amide bonds. The van der Waals surface area contributed by atoms with Gasteiger partial charge in [-0.25, -0.2) is 0 Å². The van der Waals surface area contributed by atoms with E-state index >= 15 is 0 Å². The molecular weight excluding hydrogens is 777 g/mol. The molecule has 4 atom stereocenters. The molecule has 1 spiro atoms. The molecular formula is C57H50N2S2. The molecule has 3 aliphatic rings. The third-order valence-corrected chi connectivity index (χ3v) is 15.2. The number of unbranched alkanes of at least 4 members (excludes halogenated alkanes) is 1. The van der Waals surface area contributed by atoms with E-state index in [1.54, 1.807) is 0 Å². The number of hydrogen-bond acceptors (Lipinski definition) is 3. The van der Waals surface area contributed by atoms with Gasteiger partial charge in [0.15, 0.2) is 0 Å². The Hall–Kier alpha value is -5.68. The van der Waals surface area contributed by atoms with E-state index in [1.165, 1.54) is 84.2 Å². The lowest BCUT2D eigenvalue weighted by Gasteiger charge is -2.37. The fraction of sp³-hybridized carbons (Fsp3) is 0.193. The maximum absolute atomic E-state index is 5.19. The molecule has 0 saturated carbocycles. The Morgan fingerprint density at radius 3 is 2.02 bits per heavy atom. The number of anilines is 3. The first-order chi connectivity index (χ1) is 30.1. The molecule has 1 aromatic heterocycles. The number of benzene rings is 7. The average molecular weight is 827 g/mol. The predicted molar refractivity (Wildman–Crippen MR) is 264 cm³/mol. The van der Waals surface area contributed by atoms with Crippen LogP contribution in [0.4, 0.5) is 17.1 Å².